The van der Waals surface area contributed by atoms with Gasteiger partial charge in [-0.15, -0.1) is 11.3 Å². The van der Waals surface area contributed by atoms with Gasteiger partial charge in [0, 0.05) is 16.5 Å². The zero-order valence-electron chi connectivity index (χ0n) is 15.4. The third kappa shape index (κ3) is 4.35. The van der Waals surface area contributed by atoms with E-state index in [-0.39, 0.29) is 5.82 Å². The zero-order chi connectivity index (χ0) is 20.1. The first-order valence-corrected chi connectivity index (χ1v) is 9.33. The molecule has 0 saturated heterocycles. The van der Waals surface area contributed by atoms with Crippen LogP contribution in [0.15, 0.2) is 60.7 Å². The molecule has 28 heavy (non-hydrogen) atoms. The topological polar surface area (TPSA) is 55.4 Å². The lowest BCUT2D eigenvalue weighted by molar-refractivity contribution is -0.111. The molecule has 0 atom stereocenters. The summed E-state index contributed by atoms with van der Waals surface area (Å²) in [4.78, 5) is 25.7. The van der Waals surface area contributed by atoms with E-state index in [4.69, 9.17) is 4.74 Å². The van der Waals surface area contributed by atoms with Crippen LogP contribution in [-0.4, -0.2) is 19.0 Å². The van der Waals surface area contributed by atoms with E-state index >= 15 is 0 Å². The maximum atomic E-state index is 13.0. The highest BCUT2D eigenvalue weighted by atomic mass is 32.1. The average molecular weight is 395 g/mol. The summed E-state index contributed by atoms with van der Waals surface area (Å²) in [5, 5.41) is 3.18. The summed E-state index contributed by atoms with van der Waals surface area (Å²) < 4.78 is 17.9. The van der Waals surface area contributed by atoms with Gasteiger partial charge in [-0.05, 0) is 36.3 Å². The Kier molecular flexibility index (Phi) is 6.01. The number of ether oxygens (including phenoxy) is 1. The fourth-order valence-corrected chi connectivity index (χ4v) is 3.85. The second-order valence-corrected chi connectivity index (χ2v) is 7.19. The molecule has 3 aromatic rings. The number of carbonyl (C=O) groups is 2. The number of rotatable bonds is 5. The molecular weight excluding hydrogens is 377 g/mol. The van der Waals surface area contributed by atoms with Crippen LogP contribution in [0.3, 0.4) is 0 Å². The van der Waals surface area contributed by atoms with Gasteiger partial charge in [0.25, 0.3) is 0 Å². The summed E-state index contributed by atoms with van der Waals surface area (Å²) in [6.07, 6.45) is 2.91. The lowest BCUT2D eigenvalue weighted by Crippen LogP contribution is -2.11. The van der Waals surface area contributed by atoms with Crippen molar-refractivity contribution in [2.45, 2.75) is 6.92 Å². The molecule has 1 aromatic heterocycles. The van der Waals surface area contributed by atoms with Crippen LogP contribution in [0.2, 0.25) is 0 Å². The molecule has 0 aliphatic heterocycles. The Bertz CT molecular complexity index is 1020. The van der Waals surface area contributed by atoms with Gasteiger partial charge in [0.1, 0.15) is 16.4 Å². The summed E-state index contributed by atoms with van der Waals surface area (Å²) in [5.74, 6) is -1.25. The first-order chi connectivity index (χ1) is 13.5. The first kappa shape index (κ1) is 19.5. The molecule has 0 spiro atoms. The molecule has 1 N–H and O–H groups in total. The van der Waals surface area contributed by atoms with Gasteiger partial charge in [-0.1, -0.05) is 42.5 Å². The van der Waals surface area contributed by atoms with Crippen molar-refractivity contribution in [3.8, 4) is 11.1 Å². The fraction of sp³-hybridized carbons (Fsp3) is 0.0909. The zero-order valence-corrected chi connectivity index (χ0v) is 16.2. The Balaban J connectivity index is 1.90. The number of benzene rings is 2. The van der Waals surface area contributed by atoms with E-state index in [1.54, 1.807) is 18.2 Å². The molecule has 1 amide bonds. The number of halogens is 1. The molecule has 0 bridgehead atoms. The first-order valence-electron chi connectivity index (χ1n) is 8.51. The van der Waals surface area contributed by atoms with Crippen LogP contribution < -0.4 is 5.32 Å². The van der Waals surface area contributed by atoms with E-state index in [1.165, 1.54) is 36.7 Å². The number of hydrogen-bond acceptors (Lipinski definition) is 4. The van der Waals surface area contributed by atoms with E-state index in [0.717, 1.165) is 16.0 Å². The Morgan fingerprint density at radius 3 is 2.39 bits per heavy atom. The largest absolute Gasteiger partial charge is 0.465 e. The van der Waals surface area contributed by atoms with Crippen molar-refractivity contribution in [1.29, 1.82) is 0 Å². The smallest absolute Gasteiger partial charge is 0.341 e. The van der Waals surface area contributed by atoms with E-state index in [2.05, 4.69) is 5.32 Å². The van der Waals surface area contributed by atoms with Crippen LogP contribution in [0, 0.1) is 12.7 Å². The number of nitrogens with one attached hydrogen (secondary N) is 1. The van der Waals surface area contributed by atoms with Gasteiger partial charge < -0.3 is 10.1 Å². The minimum atomic E-state index is -0.513. The summed E-state index contributed by atoms with van der Waals surface area (Å²) in [5.41, 5.74) is 2.64. The van der Waals surface area contributed by atoms with Crippen molar-refractivity contribution in [3.05, 3.63) is 82.5 Å². The molecule has 0 aliphatic rings. The van der Waals surface area contributed by atoms with Gasteiger partial charge in [0.2, 0.25) is 5.91 Å². The summed E-state index contributed by atoms with van der Waals surface area (Å²) >= 11 is 1.32. The Morgan fingerprint density at radius 1 is 1.07 bits per heavy atom. The number of hydrogen-bond donors (Lipinski definition) is 1. The van der Waals surface area contributed by atoms with Crippen molar-refractivity contribution in [2.75, 3.05) is 12.4 Å². The van der Waals surface area contributed by atoms with Crippen LogP contribution >= 0.6 is 11.3 Å². The Labute approximate surface area is 166 Å². The summed E-state index contributed by atoms with van der Waals surface area (Å²) in [6, 6.07) is 15.3. The Hall–Kier alpha value is -3.25. The van der Waals surface area contributed by atoms with Crippen LogP contribution in [0.25, 0.3) is 17.2 Å². The van der Waals surface area contributed by atoms with Crippen molar-refractivity contribution >= 4 is 34.3 Å². The standard InChI is InChI=1S/C22H18FNO3S/c1-14-19(16-6-4-3-5-7-16)20(22(26)27-2)21(28-14)24-18(25)13-10-15-8-11-17(23)12-9-15/h3-13H,1-2H3,(H,24,25)/b13-10+. The van der Waals surface area contributed by atoms with Gasteiger partial charge in [-0.3, -0.25) is 4.79 Å². The van der Waals surface area contributed by atoms with Gasteiger partial charge in [-0.2, -0.15) is 0 Å². The second-order valence-electron chi connectivity index (χ2n) is 5.97. The highest BCUT2D eigenvalue weighted by molar-refractivity contribution is 7.17. The van der Waals surface area contributed by atoms with Gasteiger partial charge in [0.15, 0.2) is 0 Å². The predicted molar refractivity (Wildman–Crippen MR) is 110 cm³/mol. The molecule has 0 saturated carbocycles. The average Bonchev–Trinajstić information content (AvgIpc) is 3.03. The number of esters is 1. The molecule has 2 aromatic carbocycles. The maximum Gasteiger partial charge on any atom is 0.341 e. The highest BCUT2D eigenvalue weighted by Gasteiger charge is 2.24. The number of amides is 1. The normalized spacial score (nSPS) is 10.8. The molecule has 3 rings (SSSR count). The summed E-state index contributed by atoms with van der Waals surface area (Å²) in [6.45, 7) is 1.89. The van der Waals surface area contributed by atoms with E-state index in [1.807, 2.05) is 37.3 Å². The summed E-state index contributed by atoms with van der Waals surface area (Å²) in [7, 11) is 1.31. The minimum Gasteiger partial charge on any atom is -0.465 e. The van der Waals surface area contributed by atoms with Crippen molar-refractivity contribution in [1.82, 2.24) is 0 Å². The van der Waals surface area contributed by atoms with Crippen molar-refractivity contribution < 1.29 is 18.7 Å². The number of methoxy groups -OCH3 is 1. The van der Waals surface area contributed by atoms with E-state index < -0.39 is 11.9 Å². The fourth-order valence-electron chi connectivity index (χ4n) is 2.78. The number of aryl methyl sites for hydroxylation is 1. The van der Waals surface area contributed by atoms with Crippen LogP contribution in [0.5, 0.6) is 0 Å². The van der Waals surface area contributed by atoms with Crippen molar-refractivity contribution in [2.24, 2.45) is 0 Å². The second kappa shape index (κ2) is 8.63. The molecule has 6 heteroatoms. The minimum absolute atomic E-state index is 0.333. The number of carbonyl (C=O) groups excluding carboxylic acids is 2. The molecule has 0 radical (unpaired) electrons. The monoisotopic (exact) mass is 395 g/mol. The number of anilines is 1. The highest BCUT2D eigenvalue weighted by Crippen LogP contribution is 2.40. The van der Waals surface area contributed by atoms with Crippen LogP contribution in [-0.2, 0) is 9.53 Å². The Morgan fingerprint density at radius 2 is 1.75 bits per heavy atom. The van der Waals surface area contributed by atoms with Crippen molar-refractivity contribution in [3.63, 3.8) is 0 Å². The van der Waals surface area contributed by atoms with Gasteiger partial charge >= 0.3 is 5.97 Å². The molecule has 1 heterocycles. The van der Waals surface area contributed by atoms with E-state index in [9.17, 15) is 14.0 Å². The van der Waals surface area contributed by atoms with Crippen LogP contribution in [0.4, 0.5) is 9.39 Å². The lowest BCUT2D eigenvalue weighted by atomic mass is 10.0. The third-order valence-electron chi connectivity index (χ3n) is 4.07. The number of thiophene rings is 1. The molecule has 142 valence electrons. The quantitative estimate of drug-likeness (QED) is 0.471. The van der Waals surface area contributed by atoms with E-state index in [0.29, 0.717) is 16.1 Å². The van der Waals surface area contributed by atoms with Gasteiger partial charge in [0.05, 0.1) is 7.11 Å². The van der Waals surface area contributed by atoms with Gasteiger partial charge in [-0.25, -0.2) is 9.18 Å². The predicted octanol–water partition coefficient (Wildman–Crippen LogP) is 5.30. The molecule has 0 aliphatic carbocycles. The van der Waals surface area contributed by atoms with Crippen LogP contribution in [0.1, 0.15) is 20.8 Å². The molecular formula is C22H18FNO3S. The lowest BCUT2D eigenvalue weighted by Gasteiger charge is -2.07. The SMILES string of the molecule is COC(=O)c1c(NC(=O)/C=C/c2ccc(F)cc2)sc(C)c1-c1ccccc1. The molecule has 4 nitrogen and oxygen atoms in total. The third-order valence-corrected chi connectivity index (χ3v) is 5.09. The molecule has 0 fully saturated rings. The maximum absolute atomic E-state index is 13.0. The molecule has 0 unspecified atom stereocenters.